The molecule has 4 aromatic rings. The van der Waals surface area contributed by atoms with Crippen LogP contribution in [0.5, 0.6) is 0 Å². The van der Waals surface area contributed by atoms with E-state index in [-0.39, 0.29) is 6.04 Å². The lowest BCUT2D eigenvalue weighted by molar-refractivity contribution is 0.200. The molecule has 0 aliphatic carbocycles. The second kappa shape index (κ2) is 9.75. The van der Waals surface area contributed by atoms with Crippen LogP contribution < -0.4 is 4.90 Å². The molecule has 0 spiro atoms. The topological polar surface area (TPSA) is 50.1 Å². The maximum Gasteiger partial charge on any atom is 0.173 e. The number of tetrazole rings is 1. The van der Waals surface area contributed by atoms with Crippen LogP contribution in [0.2, 0.25) is 0 Å². The zero-order valence-corrected chi connectivity index (χ0v) is 18.2. The molecule has 6 heteroatoms. The molecule has 3 aromatic carbocycles. The lowest BCUT2D eigenvalue weighted by Gasteiger charge is -2.39. The molecule has 1 atom stereocenters. The van der Waals surface area contributed by atoms with Gasteiger partial charge in [-0.25, -0.2) is 4.68 Å². The van der Waals surface area contributed by atoms with Crippen molar-refractivity contribution >= 4 is 5.69 Å². The van der Waals surface area contributed by atoms with Crippen molar-refractivity contribution < 1.29 is 0 Å². The number of aryl methyl sites for hydroxylation is 2. The second-order valence-electron chi connectivity index (χ2n) is 8.17. The Bertz CT molecular complexity index is 1090. The Morgan fingerprint density at radius 2 is 1.34 bits per heavy atom. The number of rotatable bonds is 7. The monoisotopic (exact) mass is 424 g/mol. The van der Waals surface area contributed by atoms with E-state index in [2.05, 4.69) is 110 Å². The predicted octanol–water partition coefficient (Wildman–Crippen LogP) is 3.83. The largest absolute Gasteiger partial charge is 0.369 e. The summed E-state index contributed by atoms with van der Waals surface area (Å²) in [6, 6.07) is 31.8. The van der Waals surface area contributed by atoms with Crippen LogP contribution >= 0.6 is 0 Å². The van der Waals surface area contributed by atoms with Crippen molar-refractivity contribution in [2.75, 3.05) is 31.1 Å². The number of para-hydroxylation sites is 1. The third-order valence-corrected chi connectivity index (χ3v) is 6.18. The van der Waals surface area contributed by atoms with Gasteiger partial charge in [0.1, 0.15) is 0 Å². The van der Waals surface area contributed by atoms with Gasteiger partial charge >= 0.3 is 0 Å². The van der Waals surface area contributed by atoms with Crippen LogP contribution in [-0.2, 0) is 13.0 Å². The third kappa shape index (κ3) is 4.55. The summed E-state index contributed by atoms with van der Waals surface area (Å²) in [7, 11) is 0. The van der Waals surface area contributed by atoms with Gasteiger partial charge in [-0.05, 0) is 40.1 Å². The van der Waals surface area contributed by atoms with Crippen molar-refractivity contribution in [3.63, 3.8) is 0 Å². The molecular weight excluding hydrogens is 396 g/mol. The van der Waals surface area contributed by atoms with Gasteiger partial charge in [0.05, 0.1) is 6.04 Å². The summed E-state index contributed by atoms with van der Waals surface area (Å²) in [5, 5.41) is 12.9. The highest BCUT2D eigenvalue weighted by molar-refractivity contribution is 5.46. The summed E-state index contributed by atoms with van der Waals surface area (Å²) in [5.41, 5.74) is 3.81. The van der Waals surface area contributed by atoms with E-state index in [0.29, 0.717) is 0 Å². The number of anilines is 1. The van der Waals surface area contributed by atoms with Gasteiger partial charge in [0.2, 0.25) is 0 Å². The molecule has 0 unspecified atom stereocenters. The van der Waals surface area contributed by atoms with Crippen LogP contribution in [0, 0.1) is 0 Å². The number of hydrogen-bond acceptors (Lipinski definition) is 5. The zero-order chi connectivity index (χ0) is 21.6. The number of nitrogens with zero attached hydrogens (tertiary/aromatic N) is 6. The van der Waals surface area contributed by atoms with E-state index in [1.54, 1.807) is 0 Å². The van der Waals surface area contributed by atoms with Gasteiger partial charge in [0.25, 0.3) is 0 Å². The Hall–Kier alpha value is -3.51. The molecule has 2 heterocycles. The highest BCUT2D eigenvalue weighted by Crippen LogP contribution is 2.29. The van der Waals surface area contributed by atoms with Gasteiger partial charge in [0.15, 0.2) is 5.82 Å². The van der Waals surface area contributed by atoms with E-state index in [9.17, 15) is 0 Å². The Balaban J connectivity index is 1.37. The van der Waals surface area contributed by atoms with Crippen LogP contribution in [0.1, 0.15) is 23.0 Å². The standard InChI is InChI=1S/C26H28N6/c1-4-10-22(11-5-1)16-17-32-26(27-28-29-32)25(23-12-6-2-7-13-23)31-20-18-30(19-21-31)24-14-8-3-9-15-24/h1-15,25H,16-21H2/t25-/m1/s1. The van der Waals surface area contributed by atoms with Gasteiger partial charge in [-0.3, -0.25) is 4.90 Å². The summed E-state index contributed by atoms with van der Waals surface area (Å²) in [6.07, 6.45) is 0.905. The SMILES string of the molecule is c1ccc(CCn2nnnc2[C@@H](c2ccccc2)N2CCN(c3ccccc3)CC2)cc1. The average molecular weight is 425 g/mol. The predicted molar refractivity (Wildman–Crippen MR) is 126 cm³/mol. The first kappa shape index (κ1) is 20.4. The van der Waals surface area contributed by atoms with Gasteiger partial charge in [-0.1, -0.05) is 78.9 Å². The second-order valence-corrected chi connectivity index (χ2v) is 8.17. The number of benzene rings is 3. The molecule has 1 aromatic heterocycles. The van der Waals surface area contributed by atoms with Crippen molar-refractivity contribution in [1.82, 2.24) is 25.1 Å². The third-order valence-electron chi connectivity index (χ3n) is 6.18. The Morgan fingerprint density at radius 3 is 2.03 bits per heavy atom. The normalized spacial score (nSPS) is 15.6. The van der Waals surface area contributed by atoms with Crippen molar-refractivity contribution in [3.05, 3.63) is 108 Å². The summed E-state index contributed by atoms with van der Waals surface area (Å²) in [6.45, 7) is 4.65. The van der Waals surface area contributed by atoms with E-state index < -0.39 is 0 Å². The molecule has 0 bridgehead atoms. The summed E-state index contributed by atoms with van der Waals surface area (Å²) >= 11 is 0. The average Bonchev–Trinajstić information content (AvgIpc) is 3.33. The molecule has 0 N–H and O–H groups in total. The Morgan fingerprint density at radius 1 is 0.719 bits per heavy atom. The zero-order valence-electron chi connectivity index (χ0n) is 18.2. The summed E-state index contributed by atoms with van der Waals surface area (Å²) < 4.78 is 1.98. The van der Waals surface area contributed by atoms with E-state index in [1.807, 2.05) is 10.7 Å². The molecule has 6 nitrogen and oxygen atoms in total. The molecular formula is C26H28N6. The molecule has 32 heavy (non-hydrogen) atoms. The van der Waals surface area contributed by atoms with Crippen molar-refractivity contribution in [1.29, 1.82) is 0 Å². The quantitative estimate of drug-likeness (QED) is 0.451. The van der Waals surface area contributed by atoms with Crippen LogP contribution in [0.3, 0.4) is 0 Å². The first-order valence-electron chi connectivity index (χ1n) is 11.3. The molecule has 0 radical (unpaired) electrons. The maximum absolute atomic E-state index is 4.50. The number of hydrogen-bond donors (Lipinski definition) is 0. The van der Waals surface area contributed by atoms with Gasteiger partial charge in [-0.2, -0.15) is 0 Å². The van der Waals surface area contributed by atoms with Gasteiger partial charge in [0, 0.05) is 38.4 Å². The maximum atomic E-state index is 4.50. The summed E-state index contributed by atoms with van der Waals surface area (Å²) in [5.74, 6) is 0.917. The minimum Gasteiger partial charge on any atom is -0.369 e. The molecule has 162 valence electrons. The van der Waals surface area contributed by atoms with E-state index >= 15 is 0 Å². The highest BCUT2D eigenvalue weighted by Gasteiger charge is 2.30. The van der Waals surface area contributed by atoms with E-state index in [4.69, 9.17) is 0 Å². The lowest BCUT2D eigenvalue weighted by Crippen LogP contribution is -2.48. The minimum atomic E-state index is 0.0416. The fraction of sp³-hybridized carbons (Fsp3) is 0.269. The molecule has 0 saturated carbocycles. The fourth-order valence-electron chi connectivity index (χ4n) is 4.48. The van der Waals surface area contributed by atoms with E-state index in [1.165, 1.54) is 16.8 Å². The van der Waals surface area contributed by atoms with Crippen LogP contribution in [0.25, 0.3) is 0 Å². The van der Waals surface area contributed by atoms with Crippen molar-refractivity contribution in [2.45, 2.75) is 19.0 Å². The first-order valence-corrected chi connectivity index (χ1v) is 11.3. The molecule has 5 rings (SSSR count). The first-order chi connectivity index (χ1) is 15.9. The summed E-state index contributed by atoms with van der Waals surface area (Å²) in [4.78, 5) is 4.97. The van der Waals surface area contributed by atoms with Crippen LogP contribution in [0.4, 0.5) is 5.69 Å². The van der Waals surface area contributed by atoms with Crippen LogP contribution in [-0.4, -0.2) is 51.3 Å². The van der Waals surface area contributed by atoms with Crippen molar-refractivity contribution in [3.8, 4) is 0 Å². The fourth-order valence-corrected chi connectivity index (χ4v) is 4.48. The number of aromatic nitrogens is 4. The molecule has 1 aliphatic heterocycles. The van der Waals surface area contributed by atoms with E-state index in [0.717, 1.165) is 45.0 Å². The minimum absolute atomic E-state index is 0.0416. The molecule has 0 amide bonds. The molecule has 1 fully saturated rings. The smallest absolute Gasteiger partial charge is 0.173 e. The van der Waals surface area contributed by atoms with Gasteiger partial charge < -0.3 is 4.90 Å². The lowest BCUT2D eigenvalue weighted by atomic mass is 10.0. The van der Waals surface area contributed by atoms with Crippen LogP contribution in [0.15, 0.2) is 91.0 Å². The Kier molecular flexibility index (Phi) is 6.21. The highest BCUT2D eigenvalue weighted by atomic mass is 15.6. The molecule has 1 saturated heterocycles. The van der Waals surface area contributed by atoms with Crippen molar-refractivity contribution in [2.24, 2.45) is 0 Å². The number of piperazine rings is 1. The Labute approximate surface area is 189 Å². The van der Waals surface area contributed by atoms with Gasteiger partial charge in [-0.15, -0.1) is 5.10 Å². The molecule has 1 aliphatic rings.